The van der Waals surface area contributed by atoms with E-state index in [4.69, 9.17) is 0 Å². The van der Waals surface area contributed by atoms with Crippen molar-refractivity contribution in [3.8, 4) is 0 Å². The maximum atomic E-state index is 12.1. The lowest BCUT2D eigenvalue weighted by atomic mass is 10.0. The number of thioether (sulfide) groups is 1. The van der Waals surface area contributed by atoms with E-state index in [1.54, 1.807) is 18.7 Å². The minimum Gasteiger partial charge on any atom is -0.383 e. The van der Waals surface area contributed by atoms with Crippen molar-refractivity contribution in [1.82, 2.24) is 5.32 Å². The van der Waals surface area contributed by atoms with E-state index < -0.39 is 5.60 Å². The van der Waals surface area contributed by atoms with Crippen LogP contribution in [0.15, 0.2) is 46.7 Å². The minimum absolute atomic E-state index is 0.0777. The van der Waals surface area contributed by atoms with E-state index in [1.165, 1.54) is 16.2 Å². The number of carbonyl (C=O) groups is 1. The fourth-order valence-electron chi connectivity index (χ4n) is 2.15. The third-order valence-corrected chi connectivity index (χ3v) is 5.48. The minimum atomic E-state index is -1.03. The first-order valence-corrected chi connectivity index (χ1v) is 9.41. The second-order valence-corrected chi connectivity index (χ2v) is 8.61. The number of hydrogen-bond donors (Lipinski definition) is 2. The summed E-state index contributed by atoms with van der Waals surface area (Å²) in [4.78, 5) is 14.1. The second-order valence-electron chi connectivity index (χ2n) is 6.02. The highest BCUT2D eigenvalue weighted by molar-refractivity contribution is 7.99. The molecular formula is C18H23NO2S2. The van der Waals surface area contributed by atoms with E-state index >= 15 is 0 Å². The first kappa shape index (κ1) is 18.0. The molecule has 3 nitrogen and oxygen atoms in total. The maximum absolute atomic E-state index is 12.1. The number of benzene rings is 1. The SMILES string of the molecule is CC(C)Sc1ccc(CC(=O)NCC(C)(O)c2cccs2)cc1. The largest absolute Gasteiger partial charge is 0.383 e. The Bertz CT molecular complexity index is 619. The van der Waals surface area contributed by atoms with E-state index in [-0.39, 0.29) is 12.5 Å². The Hall–Kier alpha value is -1.30. The van der Waals surface area contributed by atoms with Crippen LogP contribution in [0.25, 0.3) is 0 Å². The molecule has 0 radical (unpaired) electrons. The van der Waals surface area contributed by atoms with Crippen LogP contribution in [0.1, 0.15) is 31.2 Å². The molecule has 0 spiro atoms. The molecule has 2 N–H and O–H groups in total. The molecule has 23 heavy (non-hydrogen) atoms. The van der Waals surface area contributed by atoms with Crippen molar-refractivity contribution in [2.24, 2.45) is 0 Å². The predicted molar refractivity (Wildman–Crippen MR) is 98.0 cm³/mol. The monoisotopic (exact) mass is 349 g/mol. The fourth-order valence-corrected chi connectivity index (χ4v) is 3.77. The number of aliphatic hydroxyl groups is 1. The smallest absolute Gasteiger partial charge is 0.224 e. The fraction of sp³-hybridized carbons (Fsp3) is 0.389. The Balaban J connectivity index is 1.85. The van der Waals surface area contributed by atoms with Gasteiger partial charge in [0.05, 0.1) is 13.0 Å². The standard InChI is InChI=1S/C18H23NO2S2/c1-13(2)23-15-8-6-14(7-9-15)11-17(20)19-12-18(3,21)16-5-4-10-22-16/h4-10,13,21H,11-12H2,1-3H3,(H,19,20). The van der Waals surface area contributed by atoms with Gasteiger partial charge >= 0.3 is 0 Å². The molecule has 1 atom stereocenters. The summed E-state index contributed by atoms with van der Waals surface area (Å²) in [5.41, 5.74) is -0.0481. The van der Waals surface area contributed by atoms with Crippen molar-refractivity contribution in [2.45, 2.75) is 42.9 Å². The van der Waals surface area contributed by atoms with Crippen LogP contribution in [0.4, 0.5) is 0 Å². The van der Waals surface area contributed by atoms with Gasteiger partial charge in [0, 0.05) is 15.0 Å². The molecule has 1 unspecified atom stereocenters. The maximum Gasteiger partial charge on any atom is 0.224 e. The lowest BCUT2D eigenvalue weighted by Crippen LogP contribution is -2.38. The Morgan fingerprint density at radius 2 is 2.00 bits per heavy atom. The molecule has 1 aromatic heterocycles. The number of carbonyl (C=O) groups excluding carboxylic acids is 1. The predicted octanol–water partition coefficient (Wildman–Crippen LogP) is 3.82. The zero-order valence-electron chi connectivity index (χ0n) is 13.7. The van der Waals surface area contributed by atoms with Crippen LogP contribution in [0, 0.1) is 0 Å². The average Bonchev–Trinajstić information content (AvgIpc) is 3.02. The van der Waals surface area contributed by atoms with Gasteiger partial charge in [-0.15, -0.1) is 23.1 Å². The third-order valence-electron chi connectivity index (χ3n) is 3.34. The van der Waals surface area contributed by atoms with Gasteiger partial charge in [-0.3, -0.25) is 4.79 Å². The van der Waals surface area contributed by atoms with E-state index in [1.807, 2.05) is 29.6 Å². The number of amides is 1. The zero-order valence-corrected chi connectivity index (χ0v) is 15.3. The molecule has 124 valence electrons. The summed E-state index contributed by atoms with van der Waals surface area (Å²) in [7, 11) is 0. The summed E-state index contributed by atoms with van der Waals surface area (Å²) in [6, 6.07) is 11.8. The van der Waals surface area contributed by atoms with E-state index in [2.05, 4.69) is 31.3 Å². The summed E-state index contributed by atoms with van der Waals surface area (Å²) >= 11 is 3.29. The lowest BCUT2D eigenvalue weighted by Gasteiger charge is -2.22. The van der Waals surface area contributed by atoms with Crippen LogP contribution in [-0.4, -0.2) is 22.8 Å². The molecule has 0 fully saturated rings. The number of hydrogen-bond acceptors (Lipinski definition) is 4. The molecule has 1 amide bonds. The highest BCUT2D eigenvalue weighted by Gasteiger charge is 2.24. The average molecular weight is 350 g/mol. The van der Waals surface area contributed by atoms with E-state index in [9.17, 15) is 9.90 Å². The zero-order chi connectivity index (χ0) is 16.9. The van der Waals surface area contributed by atoms with E-state index in [0.29, 0.717) is 11.7 Å². The first-order chi connectivity index (χ1) is 10.9. The molecule has 1 aromatic carbocycles. The third kappa shape index (κ3) is 5.68. The molecule has 1 heterocycles. The molecule has 0 aliphatic rings. The lowest BCUT2D eigenvalue weighted by molar-refractivity contribution is -0.121. The Labute approximate surface area is 146 Å². The molecule has 0 bridgehead atoms. The van der Waals surface area contributed by atoms with Crippen molar-refractivity contribution in [3.05, 3.63) is 52.2 Å². The molecule has 0 aliphatic heterocycles. The molecule has 5 heteroatoms. The topological polar surface area (TPSA) is 49.3 Å². The van der Waals surface area contributed by atoms with Gasteiger partial charge in [-0.2, -0.15) is 0 Å². The Kier molecular flexibility index (Phi) is 6.27. The molecule has 0 saturated carbocycles. The van der Waals surface area contributed by atoms with Gasteiger partial charge in [-0.25, -0.2) is 0 Å². The van der Waals surface area contributed by atoms with Crippen LogP contribution < -0.4 is 5.32 Å². The van der Waals surface area contributed by atoms with Crippen LogP contribution in [0.3, 0.4) is 0 Å². The highest BCUT2D eigenvalue weighted by atomic mass is 32.2. The van der Waals surface area contributed by atoms with Crippen molar-refractivity contribution in [2.75, 3.05) is 6.54 Å². The van der Waals surface area contributed by atoms with Crippen molar-refractivity contribution >= 4 is 29.0 Å². The van der Waals surface area contributed by atoms with Gasteiger partial charge in [0.25, 0.3) is 0 Å². The Morgan fingerprint density at radius 3 is 2.57 bits per heavy atom. The van der Waals surface area contributed by atoms with Crippen LogP contribution in [0.2, 0.25) is 0 Å². The van der Waals surface area contributed by atoms with Crippen LogP contribution in [0.5, 0.6) is 0 Å². The second kappa shape index (κ2) is 7.99. The van der Waals surface area contributed by atoms with Crippen molar-refractivity contribution in [3.63, 3.8) is 0 Å². The van der Waals surface area contributed by atoms with Gasteiger partial charge in [-0.05, 0) is 36.1 Å². The first-order valence-electron chi connectivity index (χ1n) is 7.65. The van der Waals surface area contributed by atoms with Crippen molar-refractivity contribution in [1.29, 1.82) is 0 Å². The normalized spacial score (nSPS) is 13.8. The summed E-state index contributed by atoms with van der Waals surface area (Å²) in [6.45, 7) is 6.25. The van der Waals surface area contributed by atoms with Gasteiger partial charge in [-0.1, -0.05) is 32.0 Å². The van der Waals surface area contributed by atoms with Gasteiger partial charge in [0.15, 0.2) is 0 Å². The van der Waals surface area contributed by atoms with E-state index in [0.717, 1.165) is 10.4 Å². The summed E-state index contributed by atoms with van der Waals surface area (Å²) in [5.74, 6) is -0.0777. The summed E-state index contributed by atoms with van der Waals surface area (Å²) in [6.07, 6.45) is 0.327. The number of rotatable bonds is 7. The molecule has 0 aliphatic carbocycles. The molecule has 2 aromatic rings. The quantitative estimate of drug-likeness (QED) is 0.747. The number of thiophene rings is 1. The molecular weight excluding hydrogens is 326 g/mol. The van der Waals surface area contributed by atoms with Gasteiger partial charge in [0.1, 0.15) is 5.60 Å². The molecule has 2 rings (SSSR count). The summed E-state index contributed by atoms with van der Waals surface area (Å²) < 4.78 is 0. The van der Waals surface area contributed by atoms with Gasteiger partial charge < -0.3 is 10.4 Å². The Morgan fingerprint density at radius 1 is 1.30 bits per heavy atom. The van der Waals surface area contributed by atoms with Crippen molar-refractivity contribution < 1.29 is 9.90 Å². The molecule has 0 saturated heterocycles. The van der Waals surface area contributed by atoms with Gasteiger partial charge in [0.2, 0.25) is 5.91 Å². The highest BCUT2D eigenvalue weighted by Crippen LogP contribution is 2.25. The van der Waals surface area contributed by atoms with Crippen LogP contribution >= 0.6 is 23.1 Å². The van der Waals surface area contributed by atoms with Crippen LogP contribution in [-0.2, 0) is 16.8 Å². The number of nitrogens with one attached hydrogen (secondary N) is 1. The summed E-state index contributed by atoms with van der Waals surface area (Å²) in [5, 5.41) is 15.7.